The second kappa shape index (κ2) is 6.30. The van der Waals surface area contributed by atoms with Crippen molar-refractivity contribution in [1.29, 1.82) is 0 Å². The molecule has 0 aliphatic rings. The minimum absolute atomic E-state index is 0.0593. The highest BCUT2D eigenvalue weighted by atomic mass is 16.1. The Morgan fingerprint density at radius 1 is 1.56 bits per heavy atom. The molecule has 1 N–H and O–H groups in total. The van der Waals surface area contributed by atoms with Crippen LogP contribution >= 0.6 is 0 Å². The fourth-order valence-corrected chi connectivity index (χ4v) is 1.46. The van der Waals surface area contributed by atoms with E-state index in [1.54, 1.807) is 6.20 Å². The Hall–Kier alpha value is -1.32. The zero-order valence-electron chi connectivity index (χ0n) is 10.4. The van der Waals surface area contributed by atoms with Crippen molar-refractivity contribution in [3.8, 4) is 0 Å². The van der Waals surface area contributed by atoms with Crippen LogP contribution < -0.4 is 5.32 Å². The van der Waals surface area contributed by atoms with Gasteiger partial charge in [0, 0.05) is 25.4 Å². The number of carbonyl (C=O) groups is 1. The first-order valence-electron chi connectivity index (χ1n) is 5.90. The molecule has 0 aromatic carbocycles. The maximum Gasteiger partial charge on any atom is 0.239 e. The average molecular weight is 223 g/mol. The van der Waals surface area contributed by atoms with Crippen molar-refractivity contribution in [3.05, 3.63) is 18.2 Å². The number of amides is 1. The Balaban J connectivity index is 2.46. The molecule has 0 spiro atoms. The van der Waals surface area contributed by atoms with E-state index in [-0.39, 0.29) is 5.91 Å². The molecule has 0 atom stereocenters. The van der Waals surface area contributed by atoms with Crippen LogP contribution in [0, 0.1) is 5.92 Å². The zero-order chi connectivity index (χ0) is 12.0. The van der Waals surface area contributed by atoms with Gasteiger partial charge in [-0.1, -0.05) is 20.8 Å². The van der Waals surface area contributed by atoms with Crippen molar-refractivity contribution in [2.75, 3.05) is 6.54 Å². The number of carbonyl (C=O) groups excluding carboxylic acids is 1. The fourth-order valence-electron chi connectivity index (χ4n) is 1.46. The van der Waals surface area contributed by atoms with Crippen molar-refractivity contribution >= 4 is 5.91 Å². The number of nitrogens with one attached hydrogen (secondary N) is 1. The summed E-state index contributed by atoms with van der Waals surface area (Å²) in [7, 11) is 0. The lowest BCUT2D eigenvalue weighted by Crippen LogP contribution is -2.30. The number of imidazole rings is 1. The van der Waals surface area contributed by atoms with Gasteiger partial charge in [-0.3, -0.25) is 4.79 Å². The van der Waals surface area contributed by atoms with E-state index < -0.39 is 0 Å². The predicted molar refractivity (Wildman–Crippen MR) is 64.1 cm³/mol. The molecule has 1 aromatic rings. The minimum Gasteiger partial charge on any atom is -0.354 e. The van der Waals surface area contributed by atoms with Crippen molar-refractivity contribution in [3.63, 3.8) is 0 Å². The molecule has 0 saturated carbocycles. The monoisotopic (exact) mass is 223 g/mol. The Bertz CT molecular complexity index is 331. The van der Waals surface area contributed by atoms with Gasteiger partial charge in [0.1, 0.15) is 12.4 Å². The van der Waals surface area contributed by atoms with Gasteiger partial charge in [-0.2, -0.15) is 0 Å². The maximum atomic E-state index is 11.6. The van der Waals surface area contributed by atoms with Crippen molar-refractivity contribution in [1.82, 2.24) is 14.9 Å². The van der Waals surface area contributed by atoms with Gasteiger partial charge in [0.25, 0.3) is 0 Å². The van der Waals surface area contributed by atoms with Crippen LogP contribution in [-0.2, 0) is 17.8 Å². The summed E-state index contributed by atoms with van der Waals surface area (Å²) in [6.45, 7) is 7.39. The van der Waals surface area contributed by atoms with E-state index in [1.807, 2.05) is 10.8 Å². The lowest BCUT2D eigenvalue weighted by molar-refractivity contribution is -0.121. The molecule has 0 fully saturated rings. The van der Waals surface area contributed by atoms with Crippen LogP contribution in [0.15, 0.2) is 12.4 Å². The van der Waals surface area contributed by atoms with Crippen molar-refractivity contribution in [2.24, 2.45) is 5.92 Å². The second-order valence-corrected chi connectivity index (χ2v) is 4.42. The van der Waals surface area contributed by atoms with E-state index in [9.17, 15) is 4.79 Å². The van der Waals surface area contributed by atoms with E-state index in [4.69, 9.17) is 0 Å². The Labute approximate surface area is 97.1 Å². The smallest absolute Gasteiger partial charge is 0.239 e. The third-order valence-corrected chi connectivity index (χ3v) is 2.30. The molecule has 0 bridgehead atoms. The topological polar surface area (TPSA) is 46.9 Å². The molecular formula is C12H21N3O. The van der Waals surface area contributed by atoms with E-state index in [0.717, 1.165) is 25.2 Å². The SMILES string of the molecule is CCCc1nccn1CC(=O)NCC(C)C. The number of nitrogens with zero attached hydrogens (tertiary/aromatic N) is 2. The minimum atomic E-state index is 0.0593. The van der Waals surface area contributed by atoms with E-state index >= 15 is 0 Å². The molecule has 0 unspecified atom stereocenters. The third-order valence-electron chi connectivity index (χ3n) is 2.30. The van der Waals surface area contributed by atoms with Gasteiger partial charge in [-0.05, 0) is 12.3 Å². The van der Waals surface area contributed by atoms with Gasteiger partial charge in [-0.15, -0.1) is 0 Å². The third kappa shape index (κ3) is 4.04. The largest absolute Gasteiger partial charge is 0.354 e. The molecule has 4 heteroatoms. The molecule has 1 rings (SSSR count). The molecule has 0 saturated heterocycles. The first kappa shape index (κ1) is 12.7. The summed E-state index contributed by atoms with van der Waals surface area (Å²) in [5.74, 6) is 1.54. The molecule has 90 valence electrons. The summed E-state index contributed by atoms with van der Waals surface area (Å²) >= 11 is 0. The Kier molecular flexibility index (Phi) is 5.02. The van der Waals surface area contributed by atoms with E-state index in [1.165, 1.54) is 0 Å². The Morgan fingerprint density at radius 2 is 2.31 bits per heavy atom. The maximum absolute atomic E-state index is 11.6. The van der Waals surface area contributed by atoms with Gasteiger partial charge in [0.2, 0.25) is 5.91 Å². The Morgan fingerprint density at radius 3 is 2.94 bits per heavy atom. The highest BCUT2D eigenvalue weighted by molar-refractivity contribution is 5.75. The normalized spacial score (nSPS) is 10.8. The van der Waals surface area contributed by atoms with Crippen LogP contribution in [0.5, 0.6) is 0 Å². The molecule has 1 aromatic heterocycles. The molecular weight excluding hydrogens is 202 g/mol. The van der Waals surface area contributed by atoms with E-state index in [0.29, 0.717) is 12.5 Å². The van der Waals surface area contributed by atoms with E-state index in [2.05, 4.69) is 31.1 Å². The summed E-state index contributed by atoms with van der Waals surface area (Å²) in [5, 5.41) is 2.90. The number of rotatable bonds is 6. The molecule has 4 nitrogen and oxygen atoms in total. The van der Waals surface area contributed by atoms with Crippen LogP contribution in [0.4, 0.5) is 0 Å². The second-order valence-electron chi connectivity index (χ2n) is 4.42. The molecule has 16 heavy (non-hydrogen) atoms. The summed E-state index contributed by atoms with van der Waals surface area (Å²) in [6.07, 6.45) is 5.58. The number of aryl methyl sites for hydroxylation is 1. The van der Waals surface area contributed by atoms with Crippen LogP contribution in [0.1, 0.15) is 33.0 Å². The fraction of sp³-hybridized carbons (Fsp3) is 0.667. The predicted octanol–water partition coefficient (Wildman–Crippen LogP) is 1.61. The highest BCUT2D eigenvalue weighted by Crippen LogP contribution is 2.01. The quantitative estimate of drug-likeness (QED) is 0.796. The van der Waals surface area contributed by atoms with Gasteiger partial charge in [0.15, 0.2) is 0 Å². The average Bonchev–Trinajstić information content (AvgIpc) is 2.63. The van der Waals surface area contributed by atoms with Gasteiger partial charge >= 0.3 is 0 Å². The summed E-state index contributed by atoms with van der Waals surface area (Å²) < 4.78 is 1.92. The van der Waals surface area contributed by atoms with Crippen molar-refractivity contribution in [2.45, 2.75) is 40.2 Å². The molecule has 1 heterocycles. The lowest BCUT2D eigenvalue weighted by atomic mass is 10.2. The van der Waals surface area contributed by atoms with Gasteiger partial charge < -0.3 is 9.88 Å². The van der Waals surface area contributed by atoms with Crippen LogP contribution in [-0.4, -0.2) is 22.0 Å². The first-order valence-corrected chi connectivity index (χ1v) is 5.90. The zero-order valence-corrected chi connectivity index (χ0v) is 10.4. The molecule has 0 aliphatic heterocycles. The van der Waals surface area contributed by atoms with Gasteiger partial charge in [-0.25, -0.2) is 4.98 Å². The number of hydrogen-bond donors (Lipinski definition) is 1. The summed E-state index contributed by atoms with van der Waals surface area (Å²) in [5.41, 5.74) is 0. The summed E-state index contributed by atoms with van der Waals surface area (Å²) in [6, 6.07) is 0. The number of hydrogen-bond acceptors (Lipinski definition) is 2. The molecule has 1 amide bonds. The first-order chi connectivity index (χ1) is 7.63. The van der Waals surface area contributed by atoms with Crippen molar-refractivity contribution < 1.29 is 4.79 Å². The lowest BCUT2D eigenvalue weighted by Gasteiger charge is -2.09. The number of aromatic nitrogens is 2. The standard InChI is InChI=1S/C12H21N3O/c1-4-5-11-13-6-7-15(11)9-12(16)14-8-10(2)3/h6-7,10H,4-5,8-9H2,1-3H3,(H,14,16). The molecule has 0 aliphatic carbocycles. The van der Waals surface area contributed by atoms with Crippen LogP contribution in [0.25, 0.3) is 0 Å². The summed E-state index contributed by atoms with van der Waals surface area (Å²) in [4.78, 5) is 15.8. The van der Waals surface area contributed by atoms with Gasteiger partial charge in [0.05, 0.1) is 0 Å². The van der Waals surface area contributed by atoms with Crippen LogP contribution in [0.2, 0.25) is 0 Å². The molecule has 0 radical (unpaired) electrons. The highest BCUT2D eigenvalue weighted by Gasteiger charge is 2.07. The van der Waals surface area contributed by atoms with Crippen LogP contribution in [0.3, 0.4) is 0 Å².